The van der Waals surface area contributed by atoms with Crippen LogP contribution in [0.5, 0.6) is 0 Å². The molecule has 1 aliphatic carbocycles. The highest BCUT2D eigenvalue weighted by Gasteiger charge is 2.41. The van der Waals surface area contributed by atoms with Crippen molar-refractivity contribution in [2.75, 3.05) is 0 Å². The number of hydrogen-bond donors (Lipinski definition) is 0. The maximum Gasteiger partial charge on any atom is 0.194 e. The Morgan fingerprint density at radius 2 is 1.42 bits per heavy atom. The van der Waals surface area contributed by atoms with Crippen LogP contribution in [0.3, 0.4) is 0 Å². The van der Waals surface area contributed by atoms with E-state index >= 15 is 0 Å². The van der Waals surface area contributed by atoms with E-state index in [1.165, 1.54) is 0 Å². The molecule has 4 rings (SSSR count). The maximum absolute atomic E-state index is 13.9. The second-order valence-electron chi connectivity index (χ2n) is 6.28. The van der Waals surface area contributed by atoms with Gasteiger partial charge >= 0.3 is 0 Å². The monoisotopic (exact) mass is 348 g/mol. The summed E-state index contributed by atoms with van der Waals surface area (Å²) < 4.78 is 41.3. The average Bonchev–Trinajstić information content (AvgIpc) is 3.02. The van der Waals surface area contributed by atoms with Crippen molar-refractivity contribution >= 4 is 11.6 Å². The molecule has 1 aliphatic rings. The molecule has 0 amide bonds. The highest BCUT2D eigenvalue weighted by molar-refractivity contribution is 5.98. The van der Waals surface area contributed by atoms with Gasteiger partial charge < -0.3 is 0 Å². The van der Waals surface area contributed by atoms with Crippen LogP contribution in [0.2, 0.25) is 0 Å². The maximum atomic E-state index is 13.9. The van der Waals surface area contributed by atoms with Gasteiger partial charge in [-0.1, -0.05) is 60.7 Å². The molecule has 3 aromatic rings. The molecule has 0 radical (unpaired) electrons. The Labute approximate surface area is 149 Å². The predicted octanol–water partition coefficient (Wildman–Crippen LogP) is 6.13. The first-order chi connectivity index (χ1) is 12.6. The first-order valence-electron chi connectivity index (χ1n) is 8.23. The Kier molecular flexibility index (Phi) is 3.80. The Hall–Kier alpha value is -3.07. The van der Waals surface area contributed by atoms with Gasteiger partial charge in [0.1, 0.15) is 0 Å². The molecule has 3 aromatic carbocycles. The smallest absolute Gasteiger partial charge is 0.194 e. The molecule has 1 unspecified atom stereocenters. The van der Waals surface area contributed by atoms with E-state index in [2.05, 4.69) is 6.58 Å². The van der Waals surface area contributed by atoms with Crippen LogP contribution < -0.4 is 0 Å². The molecule has 0 saturated heterocycles. The lowest BCUT2D eigenvalue weighted by Crippen LogP contribution is -2.24. The van der Waals surface area contributed by atoms with Gasteiger partial charge in [-0.3, -0.25) is 0 Å². The van der Waals surface area contributed by atoms with Crippen LogP contribution >= 0.6 is 0 Å². The molecule has 0 aromatic heterocycles. The standard InChI is InChI=1S/C23H15F3/c1-2-23(17-9-4-3-5-10-17)18-11-7-6-8-15(18)12-19(23)16-13-20(24)22(26)21(25)14-16/h2-14H,1H2. The summed E-state index contributed by atoms with van der Waals surface area (Å²) in [6.07, 6.45) is 3.66. The van der Waals surface area contributed by atoms with Gasteiger partial charge in [-0.2, -0.15) is 0 Å². The molecule has 0 spiro atoms. The number of fused-ring (bicyclic) bond motifs is 1. The van der Waals surface area contributed by atoms with Gasteiger partial charge in [0, 0.05) is 0 Å². The summed E-state index contributed by atoms with van der Waals surface area (Å²) in [6.45, 7) is 4.03. The summed E-state index contributed by atoms with van der Waals surface area (Å²) in [5.41, 5.74) is 3.03. The minimum Gasteiger partial charge on any atom is -0.204 e. The van der Waals surface area contributed by atoms with Gasteiger partial charge in [-0.05, 0) is 46.0 Å². The van der Waals surface area contributed by atoms with Crippen LogP contribution in [0.15, 0.2) is 79.4 Å². The minimum absolute atomic E-state index is 0.293. The van der Waals surface area contributed by atoms with Crippen molar-refractivity contribution in [1.82, 2.24) is 0 Å². The fourth-order valence-electron chi connectivity index (χ4n) is 3.77. The van der Waals surface area contributed by atoms with Gasteiger partial charge in [0.05, 0.1) is 5.41 Å². The second-order valence-corrected chi connectivity index (χ2v) is 6.28. The normalized spacial score (nSPS) is 18.3. The van der Waals surface area contributed by atoms with Crippen LogP contribution in [0.4, 0.5) is 13.2 Å². The molecule has 0 nitrogen and oxygen atoms in total. The fraction of sp³-hybridized carbons (Fsp3) is 0.0435. The van der Waals surface area contributed by atoms with Crippen molar-refractivity contribution in [1.29, 1.82) is 0 Å². The third kappa shape index (κ3) is 2.24. The number of hydrogen-bond acceptors (Lipinski definition) is 0. The van der Waals surface area contributed by atoms with Crippen molar-refractivity contribution in [3.8, 4) is 0 Å². The first kappa shape index (κ1) is 16.4. The molecule has 0 N–H and O–H groups in total. The van der Waals surface area contributed by atoms with Crippen molar-refractivity contribution in [3.63, 3.8) is 0 Å². The molecule has 0 bridgehead atoms. The number of benzene rings is 3. The quantitative estimate of drug-likeness (QED) is 0.394. The van der Waals surface area contributed by atoms with Gasteiger partial charge in [0.15, 0.2) is 17.5 Å². The number of rotatable bonds is 3. The number of halogens is 3. The second kappa shape index (κ2) is 6.03. The highest BCUT2D eigenvalue weighted by atomic mass is 19.2. The predicted molar refractivity (Wildman–Crippen MR) is 98.0 cm³/mol. The average molecular weight is 348 g/mol. The molecule has 0 heterocycles. The lowest BCUT2D eigenvalue weighted by molar-refractivity contribution is 0.446. The molecular weight excluding hydrogens is 333 g/mol. The molecule has 0 fully saturated rings. The summed E-state index contributed by atoms with van der Waals surface area (Å²) in [7, 11) is 0. The van der Waals surface area contributed by atoms with Gasteiger partial charge in [-0.25, -0.2) is 13.2 Å². The van der Waals surface area contributed by atoms with E-state index in [4.69, 9.17) is 0 Å². The van der Waals surface area contributed by atoms with E-state index in [0.29, 0.717) is 11.1 Å². The van der Waals surface area contributed by atoms with Crippen LogP contribution in [-0.2, 0) is 5.41 Å². The van der Waals surface area contributed by atoms with E-state index in [0.717, 1.165) is 28.8 Å². The van der Waals surface area contributed by atoms with Crippen molar-refractivity contribution in [3.05, 3.63) is 119 Å². The van der Waals surface area contributed by atoms with Crippen molar-refractivity contribution in [2.45, 2.75) is 5.41 Å². The Morgan fingerprint density at radius 3 is 2.08 bits per heavy atom. The third-order valence-electron chi connectivity index (χ3n) is 4.94. The summed E-state index contributed by atoms with van der Waals surface area (Å²) >= 11 is 0. The van der Waals surface area contributed by atoms with Crippen LogP contribution in [0, 0.1) is 17.5 Å². The lowest BCUT2D eigenvalue weighted by atomic mass is 9.70. The third-order valence-corrected chi connectivity index (χ3v) is 4.94. The Bertz CT molecular complexity index is 1010. The zero-order chi connectivity index (χ0) is 18.3. The van der Waals surface area contributed by atoms with E-state index < -0.39 is 22.9 Å². The molecule has 3 heteroatoms. The van der Waals surface area contributed by atoms with E-state index in [1.54, 1.807) is 6.08 Å². The van der Waals surface area contributed by atoms with Gasteiger partial charge in [0.25, 0.3) is 0 Å². The van der Waals surface area contributed by atoms with Gasteiger partial charge in [-0.15, -0.1) is 6.58 Å². The largest absolute Gasteiger partial charge is 0.204 e. The topological polar surface area (TPSA) is 0 Å². The lowest BCUT2D eigenvalue weighted by Gasteiger charge is -2.32. The molecule has 26 heavy (non-hydrogen) atoms. The SMILES string of the molecule is C=CC1(c2ccccc2)C(c2cc(F)c(F)c(F)c2)=Cc2ccccc21. The fourth-order valence-corrected chi connectivity index (χ4v) is 3.77. The summed E-state index contributed by atoms with van der Waals surface area (Å²) in [5, 5.41) is 0. The number of allylic oxidation sites excluding steroid dienone is 2. The van der Waals surface area contributed by atoms with E-state index in [9.17, 15) is 13.2 Å². The summed E-state index contributed by atoms with van der Waals surface area (Å²) in [4.78, 5) is 0. The van der Waals surface area contributed by atoms with Crippen LogP contribution in [0.1, 0.15) is 22.3 Å². The summed E-state index contributed by atoms with van der Waals surface area (Å²) in [6, 6.07) is 19.4. The Morgan fingerprint density at radius 1 is 0.808 bits per heavy atom. The van der Waals surface area contributed by atoms with Crippen molar-refractivity contribution in [2.24, 2.45) is 0 Å². The molecule has 1 atom stereocenters. The highest BCUT2D eigenvalue weighted by Crippen LogP contribution is 2.52. The molecular formula is C23H15F3. The minimum atomic E-state index is -1.46. The zero-order valence-corrected chi connectivity index (χ0v) is 13.8. The molecule has 128 valence electrons. The Balaban J connectivity index is 2.04. The van der Waals surface area contributed by atoms with Crippen LogP contribution in [0.25, 0.3) is 11.6 Å². The first-order valence-corrected chi connectivity index (χ1v) is 8.23. The summed E-state index contributed by atoms with van der Waals surface area (Å²) in [5.74, 6) is -3.88. The van der Waals surface area contributed by atoms with Gasteiger partial charge in [0.2, 0.25) is 0 Å². The van der Waals surface area contributed by atoms with E-state index in [-0.39, 0.29) is 0 Å². The van der Waals surface area contributed by atoms with E-state index in [1.807, 2.05) is 60.7 Å². The van der Waals surface area contributed by atoms with Crippen molar-refractivity contribution < 1.29 is 13.2 Å². The molecule has 0 saturated carbocycles. The van der Waals surface area contributed by atoms with Crippen LogP contribution in [-0.4, -0.2) is 0 Å². The zero-order valence-electron chi connectivity index (χ0n) is 13.8. The molecule has 0 aliphatic heterocycles.